The summed E-state index contributed by atoms with van der Waals surface area (Å²) >= 11 is 5.93. The van der Waals surface area contributed by atoms with Gasteiger partial charge in [0.25, 0.3) is 5.91 Å². The minimum atomic E-state index is -1.06. The fraction of sp³-hybridized carbons (Fsp3) is 0.571. The summed E-state index contributed by atoms with van der Waals surface area (Å²) in [6.45, 7) is 9.14. The van der Waals surface area contributed by atoms with Gasteiger partial charge >= 0.3 is 5.97 Å². The minimum Gasteiger partial charge on any atom is -0.480 e. The summed E-state index contributed by atoms with van der Waals surface area (Å²) in [5.74, 6) is -1.49. The zero-order valence-corrected chi connectivity index (χ0v) is 13.2. The molecular weight excluding hydrogens is 280 g/mol. The highest BCUT2D eigenvalue weighted by atomic mass is 35.5. The fourth-order valence-corrected chi connectivity index (χ4v) is 2.12. The standard InChI is InChI=1S/C14H21ClN2O3/c1-8(2)17-7-9(15)6-10(17)12(18)16-11(13(19)20)14(3,4)5/h6-8,11H,1-5H3,(H,16,18)(H,19,20)/t11-/m0/s1. The first-order chi connectivity index (χ1) is 9.04. The van der Waals surface area contributed by atoms with Crippen molar-refractivity contribution in [2.45, 2.75) is 46.7 Å². The van der Waals surface area contributed by atoms with Crippen LogP contribution in [0.2, 0.25) is 5.02 Å². The summed E-state index contributed by atoms with van der Waals surface area (Å²) in [4.78, 5) is 23.6. The number of nitrogens with zero attached hydrogens (tertiary/aromatic N) is 1. The van der Waals surface area contributed by atoms with E-state index in [4.69, 9.17) is 11.6 Å². The second-order valence-corrected chi connectivity index (χ2v) is 6.59. The maximum absolute atomic E-state index is 12.3. The van der Waals surface area contributed by atoms with Crippen LogP contribution in [0.15, 0.2) is 12.3 Å². The van der Waals surface area contributed by atoms with Crippen LogP contribution < -0.4 is 5.32 Å². The van der Waals surface area contributed by atoms with E-state index in [-0.39, 0.29) is 6.04 Å². The van der Waals surface area contributed by atoms with Crippen molar-refractivity contribution in [2.24, 2.45) is 5.41 Å². The van der Waals surface area contributed by atoms with Gasteiger partial charge < -0.3 is 15.0 Å². The molecule has 1 aromatic rings. The Kier molecular flexibility index (Phi) is 4.86. The molecule has 0 unspecified atom stereocenters. The number of aliphatic carboxylic acids is 1. The lowest BCUT2D eigenvalue weighted by atomic mass is 9.86. The number of nitrogens with one attached hydrogen (secondary N) is 1. The van der Waals surface area contributed by atoms with Gasteiger partial charge in [-0.25, -0.2) is 4.79 Å². The van der Waals surface area contributed by atoms with Crippen LogP contribution >= 0.6 is 11.6 Å². The summed E-state index contributed by atoms with van der Waals surface area (Å²) < 4.78 is 1.72. The van der Waals surface area contributed by atoms with Crippen LogP contribution in [0.3, 0.4) is 0 Å². The first-order valence-corrected chi connectivity index (χ1v) is 6.83. The second-order valence-electron chi connectivity index (χ2n) is 6.16. The van der Waals surface area contributed by atoms with Gasteiger partial charge in [0.05, 0.1) is 5.02 Å². The van der Waals surface area contributed by atoms with Crippen molar-refractivity contribution in [3.8, 4) is 0 Å². The van der Waals surface area contributed by atoms with Gasteiger partial charge in [0, 0.05) is 12.2 Å². The van der Waals surface area contributed by atoms with Gasteiger partial charge in [-0.2, -0.15) is 0 Å². The predicted octanol–water partition coefficient (Wildman–Crippen LogP) is 2.95. The predicted molar refractivity (Wildman–Crippen MR) is 78.2 cm³/mol. The molecule has 6 heteroatoms. The second kappa shape index (κ2) is 5.87. The van der Waals surface area contributed by atoms with E-state index in [1.165, 1.54) is 0 Å². The van der Waals surface area contributed by atoms with Crippen LogP contribution in [0.1, 0.15) is 51.1 Å². The summed E-state index contributed by atoms with van der Waals surface area (Å²) in [6.07, 6.45) is 1.66. The number of carboxylic acid groups (broad SMARTS) is 1. The molecule has 1 heterocycles. The molecule has 0 spiro atoms. The molecule has 0 saturated carbocycles. The molecule has 20 heavy (non-hydrogen) atoms. The highest BCUT2D eigenvalue weighted by Gasteiger charge is 2.33. The number of rotatable bonds is 4. The highest BCUT2D eigenvalue weighted by Crippen LogP contribution is 2.22. The zero-order valence-electron chi connectivity index (χ0n) is 12.4. The monoisotopic (exact) mass is 300 g/mol. The van der Waals surface area contributed by atoms with Crippen molar-refractivity contribution in [3.63, 3.8) is 0 Å². The minimum absolute atomic E-state index is 0.0566. The largest absolute Gasteiger partial charge is 0.480 e. The van der Waals surface area contributed by atoms with E-state index in [1.807, 2.05) is 13.8 Å². The molecule has 112 valence electrons. The summed E-state index contributed by atoms with van der Waals surface area (Å²) in [7, 11) is 0. The smallest absolute Gasteiger partial charge is 0.326 e. The lowest BCUT2D eigenvalue weighted by molar-refractivity contribution is -0.142. The van der Waals surface area contributed by atoms with Gasteiger partial charge in [0.2, 0.25) is 0 Å². The first-order valence-electron chi connectivity index (χ1n) is 6.45. The Balaban J connectivity index is 3.04. The number of hydrogen-bond donors (Lipinski definition) is 2. The molecule has 0 fully saturated rings. The third-order valence-electron chi connectivity index (χ3n) is 2.99. The molecule has 0 saturated heterocycles. The molecule has 0 aliphatic carbocycles. The summed E-state index contributed by atoms with van der Waals surface area (Å²) in [5, 5.41) is 12.3. The Bertz CT molecular complexity index is 515. The van der Waals surface area contributed by atoms with E-state index < -0.39 is 23.3 Å². The molecule has 0 aromatic carbocycles. The number of carbonyl (C=O) groups excluding carboxylic acids is 1. The van der Waals surface area contributed by atoms with Crippen LogP contribution in [0.4, 0.5) is 0 Å². The van der Waals surface area contributed by atoms with E-state index in [1.54, 1.807) is 37.6 Å². The molecule has 0 aliphatic rings. The lowest BCUT2D eigenvalue weighted by Crippen LogP contribution is -2.49. The van der Waals surface area contributed by atoms with Crippen LogP contribution in [0.25, 0.3) is 0 Å². The number of carbonyl (C=O) groups is 2. The van der Waals surface area contributed by atoms with E-state index in [0.717, 1.165) is 0 Å². The number of carboxylic acids is 1. The van der Waals surface area contributed by atoms with E-state index in [2.05, 4.69) is 5.32 Å². The van der Waals surface area contributed by atoms with Gasteiger partial charge in [-0.15, -0.1) is 0 Å². The Morgan fingerprint density at radius 3 is 2.30 bits per heavy atom. The average Bonchev–Trinajstić information content (AvgIpc) is 2.66. The topological polar surface area (TPSA) is 71.3 Å². The summed E-state index contributed by atoms with van der Waals surface area (Å²) in [5.41, 5.74) is -0.221. The van der Waals surface area contributed by atoms with Crippen LogP contribution in [-0.2, 0) is 4.79 Å². The lowest BCUT2D eigenvalue weighted by Gasteiger charge is -2.28. The van der Waals surface area contributed by atoms with Crippen LogP contribution in [-0.4, -0.2) is 27.6 Å². The van der Waals surface area contributed by atoms with Gasteiger partial charge in [-0.3, -0.25) is 4.79 Å². The van der Waals surface area contributed by atoms with Crippen molar-refractivity contribution in [1.82, 2.24) is 9.88 Å². The molecule has 0 aliphatic heterocycles. The molecular formula is C14H21ClN2O3. The Morgan fingerprint density at radius 2 is 1.90 bits per heavy atom. The Hall–Kier alpha value is -1.49. The van der Waals surface area contributed by atoms with Gasteiger partial charge in [-0.1, -0.05) is 32.4 Å². The number of amides is 1. The first kappa shape index (κ1) is 16.6. The molecule has 5 nitrogen and oxygen atoms in total. The van der Waals surface area contributed by atoms with Gasteiger partial charge in [-0.05, 0) is 25.3 Å². The van der Waals surface area contributed by atoms with E-state index in [0.29, 0.717) is 10.7 Å². The average molecular weight is 301 g/mol. The maximum Gasteiger partial charge on any atom is 0.326 e. The van der Waals surface area contributed by atoms with Crippen molar-refractivity contribution in [2.75, 3.05) is 0 Å². The van der Waals surface area contributed by atoms with E-state index in [9.17, 15) is 14.7 Å². The van der Waals surface area contributed by atoms with Crippen LogP contribution in [0, 0.1) is 5.41 Å². The third kappa shape index (κ3) is 3.76. The molecule has 1 rings (SSSR count). The van der Waals surface area contributed by atoms with Crippen molar-refractivity contribution in [3.05, 3.63) is 23.0 Å². The van der Waals surface area contributed by atoms with Gasteiger partial charge in [0.1, 0.15) is 11.7 Å². The molecule has 1 aromatic heterocycles. The van der Waals surface area contributed by atoms with E-state index >= 15 is 0 Å². The van der Waals surface area contributed by atoms with Crippen molar-refractivity contribution >= 4 is 23.5 Å². The molecule has 2 N–H and O–H groups in total. The zero-order chi connectivity index (χ0) is 15.7. The van der Waals surface area contributed by atoms with Crippen molar-refractivity contribution < 1.29 is 14.7 Å². The maximum atomic E-state index is 12.3. The normalized spacial score (nSPS) is 13.3. The Morgan fingerprint density at radius 1 is 1.35 bits per heavy atom. The number of hydrogen-bond acceptors (Lipinski definition) is 2. The molecule has 0 radical (unpaired) electrons. The quantitative estimate of drug-likeness (QED) is 0.898. The van der Waals surface area contributed by atoms with Crippen LogP contribution in [0.5, 0.6) is 0 Å². The molecule has 1 atom stereocenters. The Labute approximate surface area is 123 Å². The molecule has 0 bridgehead atoms. The number of halogens is 1. The summed E-state index contributed by atoms with van der Waals surface area (Å²) in [6, 6.07) is 0.629. The fourth-order valence-electron chi connectivity index (χ4n) is 1.91. The van der Waals surface area contributed by atoms with Gasteiger partial charge in [0.15, 0.2) is 0 Å². The third-order valence-corrected chi connectivity index (χ3v) is 3.20. The molecule has 1 amide bonds. The van der Waals surface area contributed by atoms with Crippen molar-refractivity contribution in [1.29, 1.82) is 0 Å². The number of aromatic nitrogens is 1. The SMILES string of the molecule is CC(C)n1cc(Cl)cc1C(=O)N[C@@H](C(=O)O)C(C)(C)C. The highest BCUT2D eigenvalue weighted by molar-refractivity contribution is 6.31.